The first-order chi connectivity index (χ1) is 6.74. The van der Waals surface area contributed by atoms with Crippen LogP contribution < -0.4 is 10.9 Å². The molecule has 0 aromatic carbocycles. The molecular weight excluding hydrogens is 200 g/mol. The van der Waals surface area contributed by atoms with Gasteiger partial charge >= 0.3 is 5.97 Å². The summed E-state index contributed by atoms with van der Waals surface area (Å²) in [6, 6.07) is 0. The van der Waals surface area contributed by atoms with Crippen molar-refractivity contribution >= 4 is 18.9 Å². The van der Waals surface area contributed by atoms with E-state index in [0.29, 0.717) is 6.54 Å². The fourth-order valence-electron chi connectivity index (χ4n) is 0.662. The normalized spacial score (nSPS) is 10.5. The van der Waals surface area contributed by atoms with Crippen molar-refractivity contribution in [1.82, 2.24) is 10.9 Å². The first-order valence-corrected chi connectivity index (χ1v) is 4.39. The maximum Gasteiger partial charge on any atom is 0.318 e. The molecule has 0 fully saturated rings. The van der Waals surface area contributed by atoms with E-state index in [1.165, 1.54) is 0 Å². The van der Waals surface area contributed by atoms with Crippen LogP contribution in [0.25, 0.3) is 0 Å². The first kappa shape index (κ1) is 12.8. The van der Waals surface area contributed by atoms with Crippen LogP contribution in [0.15, 0.2) is 37.1 Å². The van der Waals surface area contributed by atoms with E-state index in [0.717, 1.165) is 5.70 Å². The zero-order valence-electron chi connectivity index (χ0n) is 7.82. The summed E-state index contributed by atoms with van der Waals surface area (Å²) in [7, 11) is 0. The highest BCUT2D eigenvalue weighted by Gasteiger charge is 1.98. The van der Waals surface area contributed by atoms with Crippen LogP contribution in [-0.2, 0) is 8.98 Å². The first-order valence-electron chi connectivity index (χ1n) is 4.03. The highest BCUT2D eigenvalue weighted by Crippen LogP contribution is 1.89. The average molecular weight is 214 g/mol. The monoisotopic (exact) mass is 214 g/mol. The summed E-state index contributed by atoms with van der Waals surface area (Å²) in [4.78, 5) is 10.6. The smallest absolute Gasteiger partial charge is 0.318 e. The molecule has 0 bridgehead atoms. The van der Waals surface area contributed by atoms with Crippen LogP contribution in [0.1, 0.15) is 6.42 Å². The predicted molar refractivity (Wildman–Crippen MR) is 59.3 cm³/mol. The van der Waals surface area contributed by atoms with Crippen LogP contribution >= 0.6 is 12.9 Å². The number of hydrogen-bond acceptors (Lipinski definition) is 5. The van der Waals surface area contributed by atoms with Gasteiger partial charge in [0.2, 0.25) is 0 Å². The summed E-state index contributed by atoms with van der Waals surface area (Å²) in [5.74, 6) is -0.379. The zero-order valence-corrected chi connectivity index (χ0v) is 8.72. The van der Waals surface area contributed by atoms with Gasteiger partial charge in [0.25, 0.3) is 0 Å². The summed E-state index contributed by atoms with van der Waals surface area (Å²) >= 11 is 3.37. The Morgan fingerprint density at radius 2 is 2.21 bits per heavy atom. The maximum atomic E-state index is 10.6. The Bertz CT molecular complexity index is 239. The number of nitrogens with one attached hydrogen (secondary N) is 2. The quantitative estimate of drug-likeness (QED) is 0.195. The Kier molecular flexibility index (Phi) is 7.68. The van der Waals surface area contributed by atoms with Crippen LogP contribution in [0.5, 0.6) is 0 Å². The second-order valence-corrected chi connectivity index (χ2v) is 2.51. The van der Waals surface area contributed by atoms with Gasteiger partial charge in [-0.2, -0.15) is 0 Å². The molecule has 0 heterocycles. The van der Waals surface area contributed by atoms with Gasteiger partial charge in [0.05, 0.1) is 6.42 Å². The lowest BCUT2D eigenvalue weighted by molar-refractivity contribution is -0.132. The van der Waals surface area contributed by atoms with Crippen molar-refractivity contribution in [1.29, 1.82) is 0 Å². The van der Waals surface area contributed by atoms with Crippen molar-refractivity contribution in [2.45, 2.75) is 6.42 Å². The largest absolute Gasteiger partial charge is 0.395 e. The Hall–Kier alpha value is -1.20. The highest BCUT2D eigenvalue weighted by molar-refractivity contribution is 7.75. The molecule has 0 aromatic heterocycles. The number of allylic oxidation sites excluding steroid dienone is 3. The van der Waals surface area contributed by atoms with E-state index >= 15 is 0 Å². The number of hydrogen-bond donors (Lipinski definition) is 3. The Balaban J connectivity index is 3.62. The van der Waals surface area contributed by atoms with Crippen molar-refractivity contribution in [2.75, 3.05) is 6.54 Å². The lowest BCUT2D eigenvalue weighted by Crippen LogP contribution is -2.32. The SMILES string of the molecule is C=C/C=C(\C=C)NNCCC(=O)OS. The van der Waals surface area contributed by atoms with E-state index in [4.69, 9.17) is 0 Å². The van der Waals surface area contributed by atoms with E-state index < -0.39 is 0 Å². The molecule has 4 nitrogen and oxygen atoms in total. The third-order valence-electron chi connectivity index (χ3n) is 1.31. The second kappa shape index (κ2) is 8.40. The summed E-state index contributed by atoms with van der Waals surface area (Å²) in [5, 5.41) is 0. The molecule has 0 aliphatic heterocycles. The maximum absolute atomic E-state index is 10.6. The van der Waals surface area contributed by atoms with Crippen LogP contribution in [0.3, 0.4) is 0 Å². The van der Waals surface area contributed by atoms with Crippen molar-refractivity contribution in [3.63, 3.8) is 0 Å². The predicted octanol–water partition coefficient (Wildman–Crippen LogP) is 1.11. The van der Waals surface area contributed by atoms with E-state index in [2.05, 4.69) is 41.1 Å². The van der Waals surface area contributed by atoms with Crippen LogP contribution in [0.4, 0.5) is 0 Å². The third kappa shape index (κ3) is 6.33. The fourth-order valence-corrected chi connectivity index (χ4v) is 0.754. The van der Waals surface area contributed by atoms with Crippen LogP contribution in [-0.4, -0.2) is 12.5 Å². The van der Waals surface area contributed by atoms with Crippen molar-refractivity contribution in [3.05, 3.63) is 37.1 Å². The van der Waals surface area contributed by atoms with Crippen LogP contribution in [0, 0.1) is 0 Å². The van der Waals surface area contributed by atoms with Gasteiger partial charge in [0.15, 0.2) is 0 Å². The van der Waals surface area contributed by atoms with Crippen molar-refractivity contribution in [2.24, 2.45) is 0 Å². The lowest BCUT2D eigenvalue weighted by atomic mass is 10.4. The standard InChI is InChI=1S/C9H14N2O2S/c1-3-5-8(4-2)11-10-7-6-9(12)13-14/h3-5,10-11,14H,1-2,6-7H2/b8-5+. The van der Waals surface area contributed by atoms with E-state index in [1.807, 2.05) is 0 Å². The van der Waals surface area contributed by atoms with Gasteiger partial charge in [-0.15, -0.1) is 0 Å². The number of hydrazine groups is 1. The molecule has 14 heavy (non-hydrogen) atoms. The van der Waals surface area contributed by atoms with Gasteiger partial charge in [-0.1, -0.05) is 19.2 Å². The van der Waals surface area contributed by atoms with Crippen molar-refractivity contribution < 1.29 is 8.98 Å². The van der Waals surface area contributed by atoms with Gasteiger partial charge in [0, 0.05) is 25.2 Å². The van der Waals surface area contributed by atoms with Gasteiger partial charge in [0.1, 0.15) is 0 Å². The Labute approximate surface area is 89.3 Å². The lowest BCUT2D eigenvalue weighted by Gasteiger charge is -2.07. The van der Waals surface area contributed by atoms with Gasteiger partial charge in [-0.3, -0.25) is 4.79 Å². The summed E-state index contributed by atoms with van der Waals surface area (Å²) in [6.07, 6.45) is 5.26. The molecule has 78 valence electrons. The molecule has 0 aliphatic carbocycles. The molecule has 0 spiro atoms. The highest BCUT2D eigenvalue weighted by atomic mass is 32.1. The minimum Gasteiger partial charge on any atom is -0.395 e. The molecule has 0 amide bonds. The number of carbonyl (C=O) groups excluding carboxylic acids is 1. The molecule has 0 unspecified atom stereocenters. The van der Waals surface area contributed by atoms with E-state index in [9.17, 15) is 4.79 Å². The van der Waals surface area contributed by atoms with Gasteiger partial charge in [-0.25, -0.2) is 5.43 Å². The Morgan fingerprint density at radius 1 is 1.50 bits per heavy atom. The minimum atomic E-state index is -0.379. The van der Waals surface area contributed by atoms with Crippen molar-refractivity contribution in [3.8, 4) is 0 Å². The number of rotatable bonds is 7. The summed E-state index contributed by atoms with van der Waals surface area (Å²) in [5.41, 5.74) is 6.43. The molecule has 0 atom stereocenters. The van der Waals surface area contributed by atoms with Gasteiger partial charge < -0.3 is 9.61 Å². The molecule has 0 rings (SSSR count). The number of thiol groups is 1. The molecule has 0 radical (unpaired) electrons. The molecule has 0 saturated carbocycles. The van der Waals surface area contributed by atoms with E-state index in [-0.39, 0.29) is 12.4 Å². The molecule has 0 saturated heterocycles. The topological polar surface area (TPSA) is 50.4 Å². The molecule has 5 heteroatoms. The molecule has 2 N–H and O–H groups in total. The Morgan fingerprint density at radius 3 is 2.71 bits per heavy atom. The second-order valence-electron chi connectivity index (χ2n) is 2.33. The molecule has 0 aromatic rings. The fraction of sp³-hybridized carbons (Fsp3) is 0.222. The molecule has 0 aliphatic rings. The van der Waals surface area contributed by atoms with E-state index in [1.54, 1.807) is 18.2 Å². The molecular formula is C9H14N2O2S. The third-order valence-corrected chi connectivity index (χ3v) is 1.51. The zero-order chi connectivity index (χ0) is 10.8. The minimum absolute atomic E-state index is 0.245. The summed E-state index contributed by atoms with van der Waals surface area (Å²) in [6.45, 7) is 7.58. The number of carbonyl (C=O) groups is 1. The van der Waals surface area contributed by atoms with Crippen LogP contribution in [0.2, 0.25) is 0 Å². The average Bonchev–Trinajstić information content (AvgIpc) is 2.22. The van der Waals surface area contributed by atoms with Gasteiger partial charge in [-0.05, 0) is 12.2 Å². The summed E-state index contributed by atoms with van der Waals surface area (Å²) < 4.78 is 4.17.